The van der Waals surface area contributed by atoms with Gasteiger partial charge in [0, 0.05) is 0 Å². The second-order valence-electron chi connectivity index (χ2n) is 4.85. The molecule has 0 saturated heterocycles. The van der Waals surface area contributed by atoms with Crippen molar-refractivity contribution in [2.75, 3.05) is 7.11 Å². The molecule has 0 amide bonds. The third-order valence-electron chi connectivity index (χ3n) is 3.38. The molecule has 0 aliphatic rings. The summed E-state index contributed by atoms with van der Waals surface area (Å²) >= 11 is 0. The van der Waals surface area contributed by atoms with Crippen LogP contribution in [0.4, 0.5) is 0 Å². The van der Waals surface area contributed by atoms with E-state index in [4.69, 9.17) is 14.6 Å². The SMILES string of the molecule is COc1cc(CO)ccc1OCc1ccc(C)c(C)c1. The van der Waals surface area contributed by atoms with Gasteiger partial charge in [-0.15, -0.1) is 0 Å². The maximum absolute atomic E-state index is 9.12. The zero-order valence-electron chi connectivity index (χ0n) is 12.1. The Kier molecular flexibility index (Phi) is 4.64. The fraction of sp³-hybridized carbons (Fsp3) is 0.294. The van der Waals surface area contributed by atoms with Gasteiger partial charge >= 0.3 is 0 Å². The van der Waals surface area contributed by atoms with Crippen LogP contribution in [0.3, 0.4) is 0 Å². The Balaban J connectivity index is 2.12. The molecule has 3 heteroatoms. The molecule has 0 aliphatic carbocycles. The summed E-state index contributed by atoms with van der Waals surface area (Å²) in [7, 11) is 1.60. The van der Waals surface area contributed by atoms with E-state index in [0.717, 1.165) is 11.1 Å². The van der Waals surface area contributed by atoms with Crippen molar-refractivity contribution in [1.82, 2.24) is 0 Å². The first-order chi connectivity index (χ1) is 9.63. The van der Waals surface area contributed by atoms with Gasteiger partial charge in [-0.3, -0.25) is 0 Å². The quantitative estimate of drug-likeness (QED) is 0.906. The Morgan fingerprint density at radius 3 is 2.30 bits per heavy atom. The average molecular weight is 272 g/mol. The van der Waals surface area contributed by atoms with E-state index in [1.807, 2.05) is 12.1 Å². The van der Waals surface area contributed by atoms with Crippen LogP contribution in [0, 0.1) is 13.8 Å². The van der Waals surface area contributed by atoms with Gasteiger partial charge < -0.3 is 14.6 Å². The maximum Gasteiger partial charge on any atom is 0.161 e. The van der Waals surface area contributed by atoms with Crippen molar-refractivity contribution in [2.24, 2.45) is 0 Å². The molecule has 0 aromatic heterocycles. The summed E-state index contributed by atoms with van der Waals surface area (Å²) in [5.41, 5.74) is 4.47. The Morgan fingerprint density at radius 1 is 0.900 bits per heavy atom. The topological polar surface area (TPSA) is 38.7 Å². The molecule has 2 aromatic rings. The standard InChI is InChI=1S/C17H20O3/c1-12-4-5-15(8-13(12)2)11-20-16-7-6-14(10-18)9-17(16)19-3/h4-9,18H,10-11H2,1-3H3. The largest absolute Gasteiger partial charge is 0.493 e. The fourth-order valence-corrected chi connectivity index (χ4v) is 1.98. The Hall–Kier alpha value is -2.00. The number of ether oxygens (including phenoxy) is 2. The summed E-state index contributed by atoms with van der Waals surface area (Å²) in [4.78, 5) is 0. The zero-order chi connectivity index (χ0) is 14.5. The number of aliphatic hydroxyl groups excluding tert-OH is 1. The molecule has 0 spiro atoms. The van der Waals surface area contributed by atoms with Crippen LogP contribution >= 0.6 is 0 Å². The molecule has 2 aromatic carbocycles. The Bertz CT molecular complexity index is 591. The molecule has 2 rings (SSSR count). The van der Waals surface area contributed by atoms with E-state index in [-0.39, 0.29) is 6.61 Å². The van der Waals surface area contributed by atoms with E-state index in [1.54, 1.807) is 13.2 Å². The van der Waals surface area contributed by atoms with E-state index in [9.17, 15) is 0 Å². The van der Waals surface area contributed by atoms with Gasteiger partial charge in [-0.25, -0.2) is 0 Å². The molecule has 0 atom stereocenters. The average Bonchev–Trinajstić information content (AvgIpc) is 2.48. The molecule has 0 radical (unpaired) electrons. The number of benzene rings is 2. The van der Waals surface area contributed by atoms with Gasteiger partial charge in [0.1, 0.15) is 6.61 Å². The highest BCUT2D eigenvalue weighted by molar-refractivity contribution is 5.43. The van der Waals surface area contributed by atoms with Gasteiger partial charge in [0.15, 0.2) is 11.5 Å². The molecule has 0 fully saturated rings. The van der Waals surface area contributed by atoms with Crippen molar-refractivity contribution in [1.29, 1.82) is 0 Å². The first-order valence-electron chi connectivity index (χ1n) is 6.60. The molecule has 0 saturated carbocycles. The first-order valence-corrected chi connectivity index (χ1v) is 6.60. The molecular formula is C17H20O3. The van der Waals surface area contributed by atoms with Gasteiger partial charge in [0.2, 0.25) is 0 Å². The van der Waals surface area contributed by atoms with Gasteiger partial charge in [-0.2, -0.15) is 0 Å². The summed E-state index contributed by atoms with van der Waals surface area (Å²) in [6.45, 7) is 4.68. The minimum absolute atomic E-state index is 0.00615. The number of methoxy groups -OCH3 is 1. The van der Waals surface area contributed by atoms with Crippen LogP contribution in [0.1, 0.15) is 22.3 Å². The van der Waals surface area contributed by atoms with Crippen molar-refractivity contribution in [3.8, 4) is 11.5 Å². The fourth-order valence-electron chi connectivity index (χ4n) is 1.98. The maximum atomic E-state index is 9.12. The summed E-state index contributed by atoms with van der Waals surface area (Å²) in [6, 6.07) is 11.7. The predicted molar refractivity (Wildman–Crippen MR) is 79.2 cm³/mol. The van der Waals surface area contributed by atoms with E-state index < -0.39 is 0 Å². The summed E-state index contributed by atoms with van der Waals surface area (Å²) in [5.74, 6) is 1.32. The van der Waals surface area contributed by atoms with Crippen molar-refractivity contribution >= 4 is 0 Å². The first kappa shape index (κ1) is 14.4. The lowest BCUT2D eigenvalue weighted by Crippen LogP contribution is -1.99. The monoisotopic (exact) mass is 272 g/mol. The van der Waals surface area contributed by atoms with E-state index >= 15 is 0 Å². The summed E-state index contributed by atoms with van der Waals surface area (Å²) in [5, 5.41) is 9.12. The molecule has 0 heterocycles. The lowest BCUT2D eigenvalue weighted by molar-refractivity contribution is 0.274. The summed E-state index contributed by atoms with van der Waals surface area (Å²) < 4.78 is 11.1. The zero-order valence-corrected chi connectivity index (χ0v) is 12.1. The Labute approximate surface area is 119 Å². The van der Waals surface area contributed by atoms with Crippen molar-refractivity contribution in [3.05, 3.63) is 58.7 Å². The molecule has 20 heavy (non-hydrogen) atoms. The highest BCUT2D eigenvalue weighted by Gasteiger charge is 2.06. The van der Waals surface area contributed by atoms with Gasteiger partial charge in [-0.05, 0) is 48.2 Å². The van der Waals surface area contributed by atoms with E-state index in [2.05, 4.69) is 32.0 Å². The van der Waals surface area contributed by atoms with Crippen molar-refractivity contribution in [2.45, 2.75) is 27.1 Å². The van der Waals surface area contributed by atoms with Crippen LogP contribution in [0.25, 0.3) is 0 Å². The predicted octanol–water partition coefficient (Wildman–Crippen LogP) is 3.38. The lowest BCUT2D eigenvalue weighted by Gasteiger charge is -2.12. The van der Waals surface area contributed by atoms with E-state index in [0.29, 0.717) is 18.1 Å². The molecule has 0 unspecified atom stereocenters. The Morgan fingerprint density at radius 2 is 1.65 bits per heavy atom. The minimum atomic E-state index is -0.00615. The van der Waals surface area contributed by atoms with Crippen LogP contribution in [-0.2, 0) is 13.2 Å². The third kappa shape index (κ3) is 3.31. The van der Waals surface area contributed by atoms with Crippen LogP contribution < -0.4 is 9.47 Å². The number of hydrogen-bond donors (Lipinski definition) is 1. The van der Waals surface area contributed by atoms with Crippen LogP contribution in [0.2, 0.25) is 0 Å². The van der Waals surface area contributed by atoms with Crippen LogP contribution in [0.5, 0.6) is 11.5 Å². The van der Waals surface area contributed by atoms with Gasteiger partial charge in [0.05, 0.1) is 13.7 Å². The molecule has 0 bridgehead atoms. The highest BCUT2D eigenvalue weighted by Crippen LogP contribution is 2.29. The molecule has 3 nitrogen and oxygen atoms in total. The second-order valence-corrected chi connectivity index (χ2v) is 4.85. The number of hydrogen-bond acceptors (Lipinski definition) is 3. The normalized spacial score (nSPS) is 10.4. The van der Waals surface area contributed by atoms with Gasteiger partial charge in [-0.1, -0.05) is 24.3 Å². The third-order valence-corrected chi connectivity index (χ3v) is 3.38. The summed E-state index contributed by atoms with van der Waals surface area (Å²) in [6.07, 6.45) is 0. The molecule has 1 N–H and O–H groups in total. The number of aliphatic hydroxyl groups is 1. The molecule has 106 valence electrons. The smallest absolute Gasteiger partial charge is 0.161 e. The molecule has 0 aliphatic heterocycles. The lowest BCUT2D eigenvalue weighted by atomic mass is 10.1. The molecular weight excluding hydrogens is 252 g/mol. The van der Waals surface area contributed by atoms with Crippen molar-refractivity contribution < 1.29 is 14.6 Å². The van der Waals surface area contributed by atoms with E-state index in [1.165, 1.54) is 11.1 Å². The van der Waals surface area contributed by atoms with Crippen molar-refractivity contribution in [3.63, 3.8) is 0 Å². The van der Waals surface area contributed by atoms with Crippen LogP contribution in [0.15, 0.2) is 36.4 Å². The van der Waals surface area contributed by atoms with Crippen LogP contribution in [-0.4, -0.2) is 12.2 Å². The number of aryl methyl sites for hydroxylation is 2. The second kappa shape index (κ2) is 6.44. The highest BCUT2D eigenvalue weighted by atomic mass is 16.5. The van der Waals surface area contributed by atoms with Gasteiger partial charge in [0.25, 0.3) is 0 Å². The minimum Gasteiger partial charge on any atom is -0.493 e. The number of rotatable bonds is 5.